The summed E-state index contributed by atoms with van der Waals surface area (Å²) in [6, 6.07) is 4.99. The van der Waals surface area contributed by atoms with E-state index in [1.54, 1.807) is 17.8 Å². The Bertz CT molecular complexity index is 459. The lowest BCUT2D eigenvalue weighted by Gasteiger charge is -2.26. The van der Waals surface area contributed by atoms with Crippen LogP contribution in [-0.2, 0) is 9.53 Å². The van der Waals surface area contributed by atoms with Crippen molar-refractivity contribution in [3.05, 3.63) is 28.5 Å². The van der Waals surface area contributed by atoms with Gasteiger partial charge in [-0.15, -0.1) is 11.8 Å². The molecule has 2 rings (SSSR count). The van der Waals surface area contributed by atoms with E-state index in [9.17, 15) is 9.18 Å². The van der Waals surface area contributed by atoms with Gasteiger partial charge in [0, 0.05) is 14.6 Å². The van der Waals surface area contributed by atoms with Crippen molar-refractivity contribution in [1.29, 1.82) is 0 Å². The molecule has 0 heterocycles. The molecule has 104 valence electrons. The predicted molar refractivity (Wildman–Crippen MR) is 77.7 cm³/mol. The summed E-state index contributed by atoms with van der Waals surface area (Å²) in [7, 11) is 1.43. The van der Waals surface area contributed by atoms with E-state index in [4.69, 9.17) is 4.74 Å². The summed E-state index contributed by atoms with van der Waals surface area (Å²) in [6.07, 6.45) is 3.52. The fraction of sp³-hybridized carbons (Fsp3) is 0.500. The van der Waals surface area contributed by atoms with E-state index in [1.165, 1.54) is 13.2 Å². The Hall–Kier alpha value is -0.550. The zero-order valence-corrected chi connectivity index (χ0v) is 13.1. The van der Waals surface area contributed by atoms with E-state index < -0.39 is 0 Å². The maximum atomic E-state index is 13.7. The van der Waals surface area contributed by atoms with Gasteiger partial charge in [0.05, 0.1) is 13.0 Å². The Labute approximate surface area is 125 Å². The first-order valence-electron chi connectivity index (χ1n) is 6.29. The first-order valence-corrected chi connectivity index (χ1v) is 7.97. The van der Waals surface area contributed by atoms with Crippen molar-refractivity contribution in [2.45, 2.75) is 35.8 Å². The highest BCUT2D eigenvalue weighted by atomic mass is 79.9. The van der Waals surface area contributed by atoms with Crippen LogP contribution in [0.25, 0.3) is 0 Å². The molecule has 0 N–H and O–H groups in total. The molecular weight excluding hydrogens is 331 g/mol. The minimum absolute atomic E-state index is 0.0224. The summed E-state index contributed by atoms with van der Waals surface area (Å²) in [5, 5.41) is 0.379. The molecule has 5 heteroatoms. The van der Waals surface area contributed by atoms with Crippen LogP contribution in [0.2, 0.25) is 0 Å². The van der Waals surface area contributed by atoms with Gasteiger partial charge in [-0.05, 0) is 43.9 Å². The van der Waals surface area contributed by atoms with Crippen LogP contribution in [0.4, 0.5) is 4.39 Å². The smallest absolute Gasteiger partial charge is 0.308 e. The monoisotopic (exact) mass is 346 g/mol. The van der Waals surface area contributed by atoms with E-state index in [0.29, 0.717) is 10.1 Å². The van der Waals surface area contributed by atoms with E-state index in [0.717, 1.165) is 30.2 Å². The van der Waals surface area contributed by atoms with Crippen molar-refractivity contribution in [3.63, 3.8) is 0 Å². The second-order valence-corrected chi connectivity index (χ2v) is 6.95. The van der Waals surface area contributed by atoms with Crippen molar-refractivity contribution in [2.24, 2.45) is 5.92 Å². The molecule has 1 aromatic carbocycles. The SMILES string of the molecule is COC(=O)C1CCC(Sc2cc(Br)ccc2F)CC1. The average Bonchev–Trinajstić information content (AvgIpc) is 2.43. The van der Waals surface area contributed by atoms with E-state index in [-0.39, 0.29) is 17.7 Å². The number of thioether (sulfide) groups is 1. The maximum absolute atomic E-state index is 13.7. The number of esters is 1. The summed E-state index contributed by atoms with van der Waals surface area (Å²) >= 11 is 4.93. The topological polar surface area (TPSA) is 26.3 Å². The second-order valence-electron chi connectivity index (χ2n) is 4.69. The van der Waals surface area contributed by atoms with Crippen LogP contribution in [0.1, 0.15) is 25.7 Å². The van der Waals surface area contributed by atoms with Gasteiger partial charge in [-0.2, -0.15) is 0 Å². The Balaban J connectivity index is 1.92. The molecule has 0 aromatic heterocycles. The number of methoxy groups -OCH3 is 1. The first kappa shape index (κ1) is 14.9. The third-order valence-electron chi connectivity index (χ3n) is 3.40. The van der Waals surface area contributed by atoms with Crippen LogP contribution in [0.5, 0.6) is 0 Å². The molecule has 1 aliphatic rings. The largest absolute Gasteiger partial charge is 0.469 e. The summed E-state index contributed by atoms with van der Waals surface area (Å²) < 4.78 is 19.3. The van der Waals surface area contributed by atoms with Gasteiger partial charge >= 0.3 is 5.97 Å². The van der Waals surface area contributed by atoms with Crippen molar-refractivity contribution in [2.75, 3.05) is 7.11 Å². The molecule has 19 heavy (non-hydrogen) atoms. The molecule has 0 unspecified atom stereocenters. The molecule has 1 saturated carbocycles. The summed E-state index contributed by atoms with van der Waals surface area (Å²) in [6.45, 7) is 0. The molecule has 1 fully saturated rings. The van der Waals surface area contributed by atoms with Gasteiger partial charge in [0.1, 0.15) is 5.82 Å². The molecular formula is C14H16BrFO2S. The van der Waals surface area contributed by atoms with Gasteiger partial charge in [-0.1, -0.05) is 15.9 Å². The minimum Gasteiger partial charge on any atom is -0.469 e. The minimum atomic E-state index is -0.178. The average molecular weight is 347 g/mol. The van der Waals surface area contributed by atoms with Crippen molar-refractivity contribution in [3.8, 4) is 0 Å². The Morgan fingerprint density at radius 1 is 1.37 bits per heavy atom. The molecule has 0 bridgehead atoms. The highest BCUT2D eigenvalue weighted by Gasteiger charge is 2.27. The number of hydrogen-bond donors (Lipinski definition) is 0. The third-order valence-corrected chi connectivity index (χ3v) is 5.26. The number of hydrogen-bond acceptors (Lipinski definition) is 3. The zero-order chi connectivity index (χ0) is 13.8. The van der Waals surface area contributed by atoms with Gasteiger partial charge in [0.2, 0.25) is 0 Å². The fourth-order valence-corrected chi connectivity index (χ4v) is 4.09. The molecule has 2 nitrogen and oxygen atoms in total. The second kappa shape index (κ2) is 6.75. The van der Waals surface area contributed by atoms with Crippen LogP contribution in [-0.4, -0.2) is 18.3 Å². The number of carbonyl (C=O) groups excluding carboxylic acids is 1. The van der Waals surface area contributed by atoms with Crippen molar-refractivity contribution < 1.29 is 13.9 Å². The zero-order valence-electron chi connectivity index (χ0n) is 10.7. The first-order chi connectivity index (χ1) is 9.10. The number of carbonyl (C=O) groups is 1. The standard InChI is InChI=1S/C14H16BrFO2S/c1-18-14(17)9-2-5-11(6-3-9)19-13-8-10(15)4-7-12(13)16/h4,7-9,11H,2-3,5-6H2,1H3. The van der Waals surface area contributed by atoms with Crippen LogP contribution >= 0.6 is 27.7 Å². The summed E-state index contributed by atoms with van der Waals surface area (Å²) in [4.78, 5) is 12.1. The van der Waals surface area contributed by atoms with E-state index >= 15 is 0 Å². The van der Waals surface area contributed by atoms with Gasteiger partial charge in [-0.25, -0.2) is 4.39 Å². The molecule has 0 radical (unpaired) electrons. The number of benzene rings is 1. The molecule has 0 aliphatic heterocycles. The lowest BCUT2D eigenvalue weighted by Crippen LogP contribution is -2.23. The van der Waals surface area contributed by atoms with Crippen LogP contribution < -0.4 is 0 Å². The van der Waals surface area contributed by atoms with Gasteiger partial charge in [0.15, 0.2) is 0 Å². The van der Waals surface area contributed by atoms with Crippen LogP contribution in [0.3, 0.4) is 0 Å². The van der Waals surface area contributed by atoms with Crippen LogP contribution in [0, 0.1) is 11.7 Å². The quantitative estimate of drug-likeness (QED) is 0.758. The number of rotatable bonds is 3. The number of ether oxygens (including phenoxy) is 1. The highest BCUT2D eigenvalue weighted by molar-refractivity contribution is 9.10. The molecule has 0 atom stereocenters. The highest BCUT2D eigenvalue weighted by Crippen LogP contribution is 2.38. The van der Waals surface area contributed by atoms with Gasteiger partial charge in [-0.3, -0.25) is 4.79 Å². The number of halogens is 2. The third kappa shape index (κ3) is 3.96. The summed E-state index contributed by atoms with van der Waals surface area (Å²) in [5.41, 5.74) is 0. The van der Waals surface area contributed by atoms with E-state index in [1.807, 2.05) is 6.07 Å². The lowest BCUT2D eigenvalue weighted by atomic mass is 9.89. The summed E-state index contributed by atoms with van der Waals surface area (Å²) in [5.74, 6) is -0.269. The normalized spacial score (nSPS) is 23.1. The fourth-order valence-electron chi connectivity index (χ4n) is 2.33. The van der Waals surface area contributed by atoms with Gasteiger partial charge in [0.25, 0.3) is 0 Å². The Kier molecular flexibility index (Phi) is 5.28. The predicted octanol–water partition coefficient (Wildman–Crippen LogP) is 4.41. The molecule has 1 aromatic rings. The lowest BCUT2D eigenvalue weighted by molar-refractivity contribution is -0.146. The Morgan fingerprint density at radius 2 is 2.05 bits per heavy atom. The maximum Gasteiger partial charge on any atom is 0.308 e. The van der Waals surface area contributed by atoms with Crippen molar-refractivity contribution >= 4 is 33.7 Å². The van der Waals surface area contributed by atoms with Crippen molar-refractivity contribution in [1.82, 2.24) is 0 Å². The molecule has 0 spiro atoms. The molecule has 0 saturated heterocycles. The van der Waals surface area contributed by atoms with Crippen LogP contribution in [0.15, 0.2) is 27.6 Å². The Morgan fingerprint density at radius 3 is 2.68 bits per heavy atom. The molecule has 0 amide bonds. The van der Waals surface area contributed by atoms with Gasteiger partial charge < -0.3 is 4.74 Å². The van der Waals surface area contributed by atoms with E-state index in [2.05, 4.69) is 15.9 Å². The molecule has 1 aliphatic carbocycles.